The SMILES string of the molecule is CCCCCCCCCCCC(=O)C(N)C(O)C(=O)CCCCCCCCCCC.O=P(O)(O)O. The number of ketones is 2. The minimum Gasteiger partial charge on any atom is -0.383 e. The van der Waals surface area contributed by atoms with Crippen LogP contribution >= 0.6 is 7.82 Å². The van der Waals surface area contributed by atoms with Gasteiger partial charge < -0.3 is 25.5 Å². The third kappa shape index (κ3) is 29.5. The van der Waals surface area contributed by atoms with Gasteiger partial charge in [-0.2, -0.15) is 0 Å². The molecule has 0 spiro atoms. The number of aliphatic hydroxyl groups is 1. The molecular weight excluding hydrogens is 469 g/mol. The molecule has 0 aromatic heterocycles. The lowest BCUT2D eigenvalue weighted by atomic mass is 9.96. The number of hydrogen-bond donors (Lipinski definition) is 5. The van der Waals surface area contributed by atoms with Gasteiger partial charge in [0.2, 0.25) is 0 Å². The van der Waals surface area contributed by atoms with Gasteiger partial charge in [-0.15, -0.1) is 0 Å². The van der Waals surface area contributed by atoms with Crippen molar-refractivity contribution >= 4 is 19.4 Å². The predicted molar refractivity (Wildman–Crippen MR) is 142 cm³/mol. The van der Waals surface area contributed by atoms with Crippen molar-refractivity contribution in [3.8, 4) is 0 Å². The molecule has 0 rings (SSSR count). The van der Waals surface area contributed by atoms with Gasteiger partial charge >= 0.3 is 7.82 Å². The number of rotatable bonds is 23. The Labute approximate surface area is 213 Å². The molecule has 0 aliphatic carbocycles. The van der Waals surface area contributed by atoms with Gasteiger partial charge in [0.15, 0.2) is 11.6 Å². The summed E-state index contributed by atoms with van der Waals surface area (Å²) in [5.74, 6) is -0.447. The maximum absolute atomic E-state index is 12.2. The van der Waals surface area contributed by atoms with E-state index in [-0.39, 0.29) is 11.6 Å². The first-order valence-electron chi connectivity index (χ1n) is 13.8. The fraction of sp³-hybridized carbons (Fsp3) is 0.923. The summed E-state index contributed by atoms with van der Waals surface area (Å²) in [5.41, 5.74) is 5.86. The van der Waals surface area contributed by atoms with Gasteiger partial charge in [0.25, 0.3) is 0 Å². The fourth-order valence-corrected chi connectivity index (χ4v) is 3.91. The molecule has 0 amide bonds. The van der Waals surface area contributed by atoms with E-state index in [0.29, 0.717) is 12.8 Å². The molecule has 0 aromatic carbocycles. The molecule has 9 heteroatoms. The topological polar surface area (TPSA) is 158 Å². The van der Waals surface area contributed by atoms with Crippen molar-refractivity contribution in [1.29, 1.82) is 0 Å². The molecule has 8 nitrogen and oxygen atoms in total. The molecule has 0 saturated heterocycles. The number of carbonyl (C=O) groups excluding carboxylic acids is 2. The normalized spacial score (nSPS) is 13.1. The molecule has 0 bridgehead atoms. The number of aliphatic hydroxyl groups excluding tert-OH is 1. The highest BCUT2D eigenvalue weighted by atomic mass is 31.2. The van der Waals surface area contributed by atoms with E-state index >= 15 is 0 Å². The Morgan fingerprint density at radius 2 is 0.857 bits per heavy atom. The quantitative estimate of drug-likeness (QED) is 0.0839. The van der Waals surface area contributed by atoms with Crippen LogP contribution in [0.2, 0.25) is 0 Å². The summed E-state index contributed by atoms with van der Waals surface area (Å²) in [6, 6.07) is -1.05. The second kappa shape index (κ2) is 25.0. The van der Waals surface area contributed by atoms with Crippen LogP contribution < -0.4 is 5.73 Å². The number of phosphoric acid groups is 1. The van der Waals surface area contributed by atoms with E-state index in [0.717, 1.165) is 38.5 Å². The van der Waals surface area contributed by atoms with Crippen LogP contribution in [0.5, 0.6) is 0 Å². The molecule has 0 aromatic rings. The Morgan fingerprint density at radius 3 is 1.17 bits per heavy atom. The predicted octanol–water partition coefficient (Wildman–Crippen LogP) is 5.73. The smallest absolute Gasteiger partial charge is 0.383 e. The molecule has 2 atom stereocenters. The van der Waals surface area contributed by atoms with Crippen LogP contribution in [0, 0.1) is 0 Å². The summed E-state index contributed by atoms with van der Waals surface area (Å²) < 4.78 is 8.88. The number of Topliss-reactive ketones (excluding diaryl/α,β-unsaturated/α-hetero) is 2. The Hall–Kier alpha value is -0.630. The lowest BCUT2D eigenvalue weighted by Gasteiger charge is -2.16. The van der Waals surface area contributed by atoms with E-state index in [1.165, 1.54) is 77.0 Å². The van der Waals surface area contributed by atoms with Crippen molar-refractivity contribution < 1.29 is 33.9 Å². The Kier molecular flexibility index (Phi) is 26.1. The first-order valence-corrected chi connectivity index (χ1v) is 15.4. The van der Waals surface area contributed by atoms with Crippen molar-refractivity contribution in [2.24, 2.45) is 5.73 Å². The Balaban J connectivity index is 0. The third-order valence-corrected chi connectivity index (χ3v) is 6.10. The van der Waals surface area contributed by atoms with E-state index in [4.69, 9.17) is 25.0 Å². The standard InChI is InChI=1S/C26H51NO3.H3O4P/c1-3-5-7-9-11-13-15-17-19-21-23(28)25(27)26(30)24(29)22-20-18-16-14-12-10-8-6-4-2;1-5(2,3)4/h25-26,30H,3-22,27H2,1-2H3;(H3,1,2,3,4). The molecular formula is C26H54NO7P. The van der Waals surface area contributed by atoms with Crippen molar-refractivity contribution in [3.05, 3.63) is 0 Å². The largest absolute Gasteiger partial charge is 0.466 e. The second-order valence-corrected chi connectivity index (χ2v) is 10.6. The zero-order valence-electron chi connectivity index (χ0n) is 22.3. The Bertz CT molecular complexity index is 508. The lowest BCUT2D eigenvalue weighted by Crippen LogP contribution is -2.46. The van der Waals surface area contributed by atoms with Gasteiger partial charge in [0.1, 0.15) is 6.10 Å². The van der Waals surface area contributed by atoms with Crippen LogP contribution in [0.4, 0.5) is 0 Å². The van der Waals surface area contributed by atoms with E-state index in [9.17, 15) is 14.7 Å². The van der Waals surface area contributed by atoms with Crippen LogP contribution in [0.3, 0.4) is 0 Å². The summed E-state index contributed by atoms with van der Waals surface area (Å²) in [6.45, 7) is 4.45. The summed E-state index contributed by atoms with van der Waals surface area (Å²) in [5, 5.41) is 10.1. The molecule has 35 heavy (non-hydrogen) atoms. The molecule has 2 unspecified atom stereocenters. The molecule has 0 aliphatic rings. The molecule has 0 aliphatic heterocycles. The summed E-state index contributed by atoms with van der Waals surface area (Å²) in [4.78, 5) is 45.9. The molecule has 210 valence electrons. The van der Waals surface area contributed by atoms with Gasteiger partial charge in [-0.25, -0.2) is 4.57 Å². The van der Waals surface area contributed by atoms with Crippen molar-refractivity contribution in [2.45, 2.75) is 154 Å². The Morgan fingerprint density at radius 1 is 0.600 bits per heavy atom. The molecule has 0 saturated carbocycles. The van der Waals surface area contributed by atoms with Crippen LogP contribution in [0.15, 0.2) is 0 Å². The van der Waals surface area contributed by atoms with Crippen molar-refractivity contribution in [2.75, 3.05) is 0 Å². The first kappa shape index (κ1) is 36.5. The average Bonchev–Trinajstić information content (AvgIpc) is 2.79. The average molecular weight is 524 g/mol. The van der Waals surface area contributed by atoms with Crippen molar-refractivity contribution in [3.63, 3.8) is 0 Å². The van der Waals surface area contributed by atoms with Gasteiger partial charge in [0, 0.05) is 12.8 Å². The lowest BCUT2D eigenvalue weighted by molar-refractivity contribution is -0.134. The van der Waals surface area contributed by atoms with Crippen LogP contribution in [-0.2, 0) is 14.2 Å². The molecule has 6 N–H and O–H groups in total. The maximum Gasteiger partial charge on any atom is 0.466 e. The highest BCUT2D eigenvalue weighted by Gasteiger charge is 2.27. The second-order valence-electron chi connectivity index (χ2n) is 9.57. The summed E-state index contributed by atoms with van der Waals surface area (Å²) in [7, 11) is -4.64. The van der Waals surface area contributed by atoms with Gasteiger partial charge in [0.05, 0.1) is 6.04 Å². The van der Waals surface area contributed by atoms with Crippen LogP contribution in [0.1, 0.15) is 142 Å². The van der Waals surface area contributed by atoms with Crippen molar-refractivity contribution in [1.82, 2.24) is 0 Å². The number of nitrogens with two attached hydrogens (primary N) is 1. The van der Waals surface area contributed by atoms with Crippen LogP contribution in [-0.4, -0.2) is 43.5 Å². The molecule has 0 radical (unpaired) electrons. The fourth-order valence-electron chi connectivity index (χ4n) is 3.91. The zero-order chi connectivity index (χ0) is 27.0. The van der Waals surface area contributed by atoms with Crippen LogP contribution in [0.25, 0.3) is 0 Å². The highest BCUT2D eigenvalue weighted by molar-refractivity contribution is 7.45. The summed E-state index contributed by atoms with van der Waals surface area (Å²) in [6.07, 6.45) is 20.7. The molecule has 0 heterocycles. The van der Waals surface area contributed by atoms with E-state index < -0.39 is 20.0 Å². The first-order chi connectivity index (χ1) is 16.5. The minimum absolute atomic E-state index is 0.175. The van der Waals surface area contributed by atoms with E-state index in [1.807, 2.05) is 0 Å². The maximum atomic E-state index is 12.2. The van der Waals surface area contributed by atoms with E-state index in [1.54, 1.807) is 0 Å². The highest BCUT2D eigenvalue weighted by Crippen LogP contribution is 2.25. The van der Waals surface area contributed by atoms with Gasteiger partial charge in [-0.3, -0.25) is 9.59 Å². The molecule has 0 fully saturated rings. The monoisotopic (exact) mass is 523 g/mol. The van der Waals surface area contributed by atoms with Gasteiger partial charge in [-0.05, 0) is 12.8 Å². The van der Waals surface area contributed by atoms with Gasteiger partial charge in [-0.1, -0.05) is 117 Å². The minimum atomic E-state index is -4.64. The third-order valence-electron chi connectivity index (χ3n) is 6.10. The number of hydrogen-bond acceptors (Lipinski definition) is 5. The number of unbranched alkanes of at least 4 members (excludes halogenated alkanes) is 16. The summed E-state index contributed by atoms with van der Waals surface area (Å²) >= 11 is 0. The number of carbonyl (C=O) groups is 2. The van der Waals surface area contributed by atoms with E-state index in [2.05, 4.69) is 13.8 Å². The zero-order valence-corrected chi connectivity index (χ0v) is 23.2.